The zero-order chi connectivity index (χ0) is 19.6. The molecule has 7 heteroatoms. The number of likely N-dealkylation sites (tertiary alicyclic amines) is 1. The van der Waals surface area contributed by atoms with E-state index in [-0.39, 0.29) is 6.04 Å². The van der Waals surface area contributed by atoms with Crippen molar-refractivity contribution in [1.82, 2.24) is 15.5 Å². The van der Waals surface area contributed by atoms with Crippen molar-refractivity contribution in [2.75, 3.05) is 46.4 Å². The highest BCUT2D eigenvalue weighted by Gasteiger charge is 2.19. The molecule has 1 saturated heterocycles. The van der Waals surface area contributed by atoms with E-state index in [1.807, 2.05) is 13.8 Å². The molecular formula is C20H32F2N4O. The molecule has 0 bridgehead atoms. The summed E-state index contributed by atoms with van der Waals surface area (Å²) in [6.07, 6.45) is 2.24. The fourth-order valence-electron chi connectivity index (χ4n) is 3.29. The maximum absolute atomic E-state index is 14.0. The van der Waals surface area contributed by atoms with Crippen LogP contribution in [0.4, 0.5) is 8.78 Å². The van der Waals surface area contributed by atoms with Gasteiger partial charge in [0.1, 0.15) is 11.6 Å². The van der Waals surface area contributed by atoms with Crippen molar-refractivity contribution < 1.29 is 13.5 Å². The first kappa shape index (κ1) is 21.6. The van der Waals surface area contributed by atoms with E-state index in [2.05, 4.69) is 15.5 Å². The Balaban J connectivity index is 1.88. The van der Waals surface area contributed by atoms with Crippen LogP contribution in [0.2, 0.25) is 0 Å². The molecule has 0 spiro atoms. The molecule has 1 aromatic rings. The zero-order valence-electron chi connectivity index (χ0n) is 16.6. The fraction of sp³-hybridized carbons (Fsp3) is 0.650. The highest BCUT2D eigenvalue weighted by Crippen LogP contribution is 2.19. The van der Waals surface area contributed by atoms with Crippen molar-refractivity contribution in [3.8, 4) is 0 Å². The number of methoxy groups -OCH3 is 1. The van der Waals surface area contributed by atoms with Crippen LogP contribution < -0.4 is 10.6 Å². The van der Waals surface area contributed by atoms with Crippen molar-refractivity contribution in [2.45, 2.75) is 32.7 Å². The van der Waals surface area contributed by atoms with E-state index in [4.69, 9.17) is 9.73 Å². The van der Waals surface area contributed by atoms with Gasteiger partial charge in [0.05, 0.1) is 12.6 Å². The Morgan fingerprint density at radius 3 is 2.70 bits per heavy atom. The summed E-state index contributed by atoms with van der Waals surface area (Å²) in [5.74, 6) is 0.0998. The molecule has 1 aromatic carbocycles. The van der Waals surface area contributed by atoms with Gasteiger partial charge >= 0.3 is 0 Å². The first-order valence-corrected chi connectivity index (χ1v) is 9.74. The number of ether oxygens (including phenoxy) is 1. The Bertz CT molecular complexity index is 604. The lowest BCUT2D eigenvalue weighted by molar-refractivity contribution is 0.121. The van der Waals surface area contributed by atoms with Gasteiger partial charge in [-0.2, -0.15) is 0 Å². The minimum atomic E-state index is -0.569. The maximum Gasteiger partial charge on any atom is 0.191 e. The lowest BCUT2D eigenvalue weighted by Gasteiger charge is -2.31. The quantitative estimate of drug-likeness (QED) is 0.536. The minimum Gasteiger partial charge on any atom is -0.383 e. The summed E-state index contributed by atoms with van der Waals surface area (Å²) in [6.45, 7) is 9.21. The van der Waals surface area contributed by atoms with Gasteiger partial charge in [0.2, 0.25) is 0 Å². The van der Waals surface area contributed by atoms with E-state index < -0.39 is 11.6 Å². The minimum absolute atomic E-state index is 0.306. The topological polar surface area (TPSA) is 48.9 Å². The molecule has 5 nitrogen and oxygen atoms in total. The summed E-state index contributed by atoms with van der Waals surface area (Å²) in [7, 11) is 1.73. The van der Waals surface area contributed by atoms with Crippen LogP contribution in [0.25, 0.3) is 0 Å². The summed E-state index contributed by atoms with van der Waals surface area (Å²) in [6, 6.07) is 3.36. The molecule has 1 heterocycles. The lowest BCUT2D eigenvalue weighted by atomic mass is 9.97. The number of guanidine groups is 1. The Labute approximate surface area is 161 Å². The standard InChI is InChI=1S/C20H32F2N4O/c1-4-23-20(25-15(2)18-6-5-17(21)13-19(18)22)24-14-16-7-9-26(10-8-16)11-12-27-3/h5-6,13,15-16H,4,7-12,14H2,1-3H3,(H2,23,24,25). The second-order valence-electron chi connectivity index (χ2n) is 7.03. The molecule has 152 valence electrons. The molecule has 2 rings (SSSR count). The molecule has 1 unspecified atom stereocenters. The predicted octanol–water partition coefficient (Wildman–Crippen LogP) is 2.94. The monoisotopic (exact) mass is 382 g/mol. The third-order valence-corrected chi connectivity index (χ3v) is 4.95. The molecule has 0 aromatic heterocycles. The van der Waals surface area contributed by atoms with Crippen LogP contribution in [0.5, 0.6) is 0 Å². The molecule has 1 aliphatic rings. The molecule has 0 saturated carbocycles. The van der Waals surface area contributed by atoms with Gasteiger partial charge in [-0.15, -0.1) is 0 Å². The first-order chi connectivity index (χ1) is 13.0. The first-order valence-electron chi connectivity index (χ1n) is 9.74. The van der Waals surface area contributed by atoms with Crippen LogP contribution in [0.15, 0.2) is 23.2 Å². The van der Waals surface area contributed by atoms with Crippen LogP contribution in [0.3, 0.4) is 0 Å². The highest BCUT2D eigenvalue weighted by molar-refractivity contribution is 5.80. The van der Waals surface area contributed by atoms with Crippen LogP contribution in [0, 0.1) is 17.6 Å². The summed E-state index contributed by atoms with van der Waals surface area (Å²) in [5, 5.41) is 6.43. The number of nitrogens with one attached hydrogen (secondary N) is 2. The van der Waals surface area contributed by atoms with Gasteiger partial charge in [-0.25, -0.2) is 8.78 Å². The van der Waals surface area contributed by atoms with Crippen LogP contribution in [-0.2, 0) is 4.74 Å². The normalized spacial score (nSPS) is 17.7. The Kier molecular flexibility index (Phi) is 8.94. The molecule has 1 fully saturated rings. The van der Waals surface area contributed by atoms with Crippen LogP contribution in [-0.4, -0.2) is 57.3 Å². The van der Waals surface area contributed by atoms with Crippen molar-refractivity contribution in [2.24, 2.45) is 10.9 Å². The molecule has 1 atom stereocenters. The van der Waals surface area contributed by atoms with Gasteiger partial charge in [-0.1, -0.05) is 6.07 Å². The van der Waals surface area contributed by atoms with Crippen molar-refractivity contribution >= 4 is 5.96 Å². The maximum atomic E-state index is 14.0. The smallest absolute Gasteiger partial charge is 0.191 e. The number of halogens is 2. The average Bonchev–Trinajstić information content (AvgIpc) is 2.65. The van der Waals surface area contributed by atoms with Crippen LogP contribution >= 0.6 is 0 Å². The van der Waals surface area contributed by atoms with E-state index in [9.17, 15) is 8.78 Å². The summed E-state index contributed by atoms with van der Waals surface area (Å²) in [5.41, 5.74) is 0.424. The zero-order valence-corrected chi connectivity index (χ0v) is 16.6. The number of hydrogen-bond acceptors (Lipinski definition) is 3. The number of piperidine rings is 1. The lowest BCUT2D eigenvalue weighted by Crippen LogP contribution is -2.40. The van der Waals surface area contributed by atoms with E-state index in [1.54, 1.807) is 7.11 Å². The molecule has 2 N–H and O–H groups in total. The average molecular weight is 382 g/mol. The predicted molar refractivity (Wildman–Crippen MR) is 105 cm³/mol. The molecule has 0 radical (unpaired) electrons. The van der Waals surface area contributed by atoms with E-state index in [0.717, 1.165) is 58.2 Å². The van der Waals surface area contributed by atoms with Gasteiger partial charge in [0.15, 0.2) is 5.96 Å². The number of benzene rings is 1. The summed E-state index contributed by atoms with van der Waals surface area (Å²) in [4.78, 5) is 7.11. The Morgan fingerprint density at radius 1 is 1.33 bits per heavy atom. The summed E-state index contributed by atoms with van der Waals surface area (Å²) < 4.78 is 32.2. The number of nitrogens with zero attached hydrogens (tertiary/aromatic N) is 2. The van der Waals surface area contributed by atoms with Crippen molar-refractivity contribution in [3.05, 3.63) is 35.4 Å². The van der Waals surface area contributed by atoms with Crippen molar-refractivity contribution in [3.63, 3.8) is 0 Å². The summed E-state index contributed by atoms with van der Waals surface area (Å²) >= 11 is 0. The van der Waals surface area contributed by atoms with Gasteiger partial charge in [-0.3, -0.25) is 4.99 Å². The number of rotatable bonds is 8. The fourth-order valence-corrected chi connectivity index (χ4v) is 3.29. The number of aliphatic imine (C=N–C) groups is 1. The van der Waals surface area contributed by atoms with Gasteiger partial charge in [0, 0.05) is 38.4 Å². The third kappa shape index (κ3) is 7.07. The van der Waals surface area contributed by atoms with Gasteiger partial charge in [0.25, 0.3) is 0 Å². The van der Waals surface area contributed by atoms with E-state index in [1.165, 1.54) is 12.1 Å². The molecule has 0 amide bonds. The van der Waals surface area contributed by atoms with Crippen LogP contribution in [0.1, 0.15) is 38.3 Å². The second-order valence-corrected chi connectivity index (χ2v) is 7.03. The molecule has 27 heavy (non-hydrogen) atoms. The van der Waals surface area contributed by atoms with Crippen molar-refractivity contribution in [1.29, 1.82) is 0 Å². The van der Waals surface area contributed by atoms with Gasteiger partial charge in [-0.05, 0) is 51.8 Å². The molecule has 1 aliphatic heterocycles. The van der Waals surface area contributed by atoms with E-state index >= 15 is 0 Å². The largest absolute Gasteiger partial charge is 0.383 e. The van der Waals surface area contributed by atoms with E-state index in [0.29, 0.717) is 17.4 Å². The molecule has 0 aliphatic carbocycles. The number of hydrogen-bond donors (Lipinski definition) is 2. The third-order valence-electron chi connectivity index (χ3n) is 4.95. The SMILES string of the molecule is CCNC(=NCC1CCN(CCOC)CC1)NC(C)c1ccc(F)cc1F. The molecular weight excluding hydrogens is 350 g/mol. The van der Waals surface area contributed by atoms with Gasteiger partial charge < -0.3 is 20.3 Å². The second kappa shape index (κ2) is 11.2. The Hall–Kier alpha value is -1.73. The highest BCUT2D eigenvalue weighted by atomic mass is 19.1. The Morgan fingerprint density at radius 2 is 2.07 bits per heavy atom.